The fraction of sp³-hybridized carbons (Fsp3) is 0.0833. The maximum Gasteiger partial charge on any atom is 0.149 e. The van der Waals surface area contributed by atoms with Gasteiger partial charge in [0.25, 0.3) is 0 Å². The molecule has 0 aliphatic rings. The summed E-state index contributed by atoms with van der Waals surface area (Å²) in [6.07, 6.45) is 1.55. The maximum atomic E-state index is 6.04. The standard InChI is InChI=1S/C12H11Cl2N3/c13-9-5-11(15)12(17-7-9)16-6-8-3-1-2-4-10(8)14/h1-5,7H,6,15H2,(H,16,17). The first-order valence-electron chi connectivity index (χ1n) is 5.05. The first-order valence-corrected chi connectivity index (χ1v) is 5.80. The second-order valence-corrected chi connectivity index (χ2v) is 4.38. The largest absolute Gasteiger partial charge is 0.396 e. The highest BCUT2D eigenvalue weighted by molar-refractivity contribution is 6.31. The van der Waals surface area contributed by atoms with E-state index in [9.17, 15) is 0 Å². The number of nitrogen functional groups attached to an aromatic ring is 1. The third-order valence-electron chi connectivity index (χ3n) is 2.29. The predicted octanol–water partition coefficient (Wildman–Crippen LogP) is 3.58. The summed E-state index contributed by atoms with van der Waals surface area (Å²) in [4.78, 5) is 4.11. The Bertz CT molecular complexity index is 529. The van der Waals surface area contributed by atoms with Crippen molar-refractivity contribution in [3.05, 3.63) is 52.1 Å². The molecule has 0 aliphatic carbocycles. The van der Waals surface area contributed by atoms with Crippen LogP contribution >= 0.6 is 23.2 Å². The first-order chi connectivity index (χ1) is 8.16. The van der Waals surface area contributed by atoms with E-state index in [2.05, 4.69) is 10.3 Å². The van der Waals surface area contributed by atoms with Gasteiger partial charge in [0, 0.05) is 17.8 Å². The number of nitrogens with one attached hydrogen (secondary N) is 1. The monoisotopic (exact) mass is 267 g/mol. The third kappa shape index (κ3) is 3.02. The van der Waals surface area contributed by atoms with Gasteiger partial charge >= 0.3 is 0 Å². The van der Waals surface area contributed by atoms with E-state index in [0.29, 0.717) is 28.1 Å². The van der Waals surface area contributed by atoms with Crippen molar-refractivity contribution in [1.29, 1.82) is 0 Å². The summed E-state index contributed by atoms with van der Waals surface area (Å²) < 4.78 is 0. The zero-order chi connectivity index (χ0) is 12.3. The van der Waals surface area contributed by atoms with E-state index < -0.39 is 0 Å². The van der Waals surface area contributed by atoms with Crippen LogP contribution in [0.25, 0.3) is 0 Å². The van der Waals surface area contributed by atoms with Crippen molar-refractivity contribution in [2.45, 2.75) is 6.54 Å². The lowest BCUT2D eigenvalue weighted by Crippen LogP contribution is -2.04. The minimum Gasteiger partial charge on any atom is -0.396 e. The number of anilines is 2. The summed E-state index contributed by atoms with van der Waals surface area (Å²) in [6.45, 7) is 0.568. The highest BCUT2D eigenvalue weighted by Gasteiger charge is 2.03. The van der Waals surface area contributed by atoms with Crippen molar-refractivity contribution < 1.29 is 0 Å². The Kier molecular flexibility index (Phi) is 3.71. The van der Waals surface area contributed by atoms with Crippen LogP contribution in [0, 0.1) is 0 Å². The summed E-state index contributed by atoms with van der Waals surface area (Å²) in [5.74, 6) is 0.606. The molecule has 1 aromatic carbocycles. The number of hydrogen-bond donors (Lipinski definition) is 2. The van der Waals surface area contributed by atoms with E-state index in [0.717, 1.165) is 5.56 Å². The topological polar surface area (TPSA) is 50.9 Å². The van der Waals surface area contributed by atoms with Gasteiger partial charge in [-0.05, 0) is 17.7 Å². The lowest BCUT2D eigenvalue weighted by Gasteiger charge is -2.09. The number of benzene rings is 1. The molecule has 17 heavy (non-hydrogen) atoms. The fourth-order valence-electron chi connectivity index (χ4n) is 1.42. The molecule has 0 unspecified atom stereocenters. The number of nitrogens with two attached hydrogens (primary N) is 1. The van der Waals surface area contributed by atoms with Crippen molar-refractivity contribution in [3.63, 3.8) is 0 Å². The van der Waals surface area contributed by atoms with Crippen LogP contribution < -0.4 is 11.1 Å². The number of nitrogens with zero attached hydrogens (tertiary/aromatic N) is 1. The molecule has 0 radical (unpaired) electrons. The van der Waals surface area contributed by atoms with Gasteiger partial charge in [0.2, 0.25) is 0 Å². The molecule has 2 aromatic rings. The molecule has 0 bridgehead atoms. The second-order valence-electron chi connectivity index (χ2n) is 3.54. The Balaban J connectivity index is 2.10. The Morgan fingerprint density at radius 3 is 2.71 bits per heavy atom. The van der Waals surface area contributed by atoms with Crippen LogP contribution in [0.1, 0.15) is 5.56 Å². The van der Waals surface area contributed by atoms with E-state index in [-0.39, 0.29) is 0 Å². The van der Waals surface area contributed by atoms with Crippen LogP contribution in [0.5, 0.6) is 0 Å². The number of halogens is 2. The van der Waals surface area contributed by atoms with Gasteiger partial charge < -0.3 is 11.1 Å². The zero-order valence-corrected chi connectivity index (χ0v) is 10.5. The maximum absolute atomic E-state index is 6.04. The molecule has 0 atom stereocenters. The Morgan fingerprint density at radius 2 is 2.00 bits per heavy atom. The molecular formula is C12H11Cl2N3. The van der Waals surface area contributed by atoms with Gasteiger partial charge in [0.15, 0.2) is 0 Å². The number of hydrogen-bond acceptors (Lipinski definition) is 3. The normalized spacial score (nSPS) is 10.2. The summed E-state index contributed by atoms with van der Waals surface area (Å²) in [6, 6.07) is 9.27. The van der Waals surface area contributed by atoms with Gasteiger partial charge in [-0.25, -0.2) is 4.98 Å². The van der Waals surface area contributed by atoms with Crippen molar-refractivity contribution in [2.75, 3.05) is 11.1 Å². The number of aromatic nitrogens is 1. The zero-order valence-electron chi connectivity index (χ0n) is 8.95. The lowest BCUT2D eigenvalue weighted by atomic mass is 10.2. The average Bonchev–Trinajstić information content (AvgIpc) is 2.30. The summed E-state index contributed by atoms with van der Waals surface area (Å²) in [5, 5.41) is 4.35. The Morgan fingerprint density at radius 1 is 1.24 bits per heavy atom. The minimum absolute atomic E-state index is 0.518. The molecule has 88 valence electrons. The van der Waals surface area contributed by atoms with Gasteiger partial charge in [-0.2, -0.15) is 0 Å². The smallest absolute Gasteiger partial charge is 0.149 e. The quantitative estimate of drug-likeness (QED) is 0.894. The molecule has 3 N–H and O–H groups in total. The fourth-order valence-corrected chi connectivity index (χ4v) is 1.79. The van der Waals surface area contributed by atoms with Gasteiger partial charge in [-0.3, -0.25) is 0 Å². The van der Waals surface area contributed by atoms with Gasteiger partial charge in [0.05, 0.1) is 10.7 Å². The third-order valence-corrected chi connectivity index (χ3v) is 2.86. The van der Waals surface area contributed by atoms with Crippen LogP contribution in [0.4, 0.5) is 11.5 Å². The second kappa shape index (κ2) is 5.25. The van der Waals surface area contributed by atoms with E-state index in [1.54, 1.807) is 12.3 Å². The van der Waals surface area contributed by atoms with Crippen molar-refractivity contribution in [3.8, 4) is 0 Å². The lowest BCUT2D eigenvalue weighted by molar-refractivity contribution is 1.11. The van der Waals surface area contributed by atoms with Crippen molar-refractivity contribution in [2.24, 2.45) is 0 Å². The summed E-state index contributed by atoms with van der Waals surface area (Å²) in [7, 11) is 0. The SMILES string of the molecule is Nc1cc(Cl)cnc1NCc1ccccc1Cl. The van der Waals surface area contributed by atoms with Crippen LogP contribution in [-0.2, 0) is 6.54 Å². The van der Waals surface area contributed by atoms with Gasteiger partial charge in [-0.1, -0.05) is 41.4 Å². The minimum atomic E-state index is 0.518. The molecule has 0 aliphatic heterocycles. The van der Waals surface area contributed by atoms with Crippen molar-refractivity contribution in [1.82, 2.24) is 4.98 Å². The van der Waals surface area contributed by atoms with Crippen LogP contribution in [0.15, 0.2) is 36.5 Å². The van der Waals surface area contributed by atoms with E-state index in [1.807, 2.05) is 24.3 Å². The van der Waals surface area contributed by atoms with E-state index in [1.165, 1.54) is 0 Å². The van der Waals surface area contributed by atoms with Crippen LogP contribution in [0.3, 0.4) is 0 Å². The average molecular weight is 268 g/mol. The summed E-state index contributed by atoms with van der Waals surface area (Å²) >= 11 is 11.8. The highest BCUT2D eigenvalue weighted by Crippen LogP contribution is 2.21. The summed E-state index contributed by atoms with van der Waals surface area (Å²) in [5.41, 5.74) is 7.29. The molecule has 0 saturated heterocycles. The molecule has 5 heteroatoms. The molecule has 0 saturated carbocycles. The highest BCUT2D eigenvalue weighted by atomic mass is 35.5. The van der Waals surface area contributed by atoms with Crippen LogP contribution in [0.2, 0.25) is 10.0 Å². The van der Waals surface area contributed by atoms with Gasteiger partial charge in [0.1, 0.15) is 5.82 Å². The molecule has 0 amide bonds. The predicted molar refractivity (Wildman–Crippen MR) is 72.4 cm³/mol. The first kappa shape index (κ1) is 12.0. The van der Waals surface area contributed by atoms with Gasteiger partial charge in [-0.15, -0.1) is 0 Å². The Hall–Kier alpha value is -1.45. The molecular weight excluding hydrogens is 257 g/mol. The molecule has 1 heterocycles. The number of pyridine rings is 1. The van der Waals surface area contributed by atoms with Crippen molar-refractivity contribution >= 4 is 34.7 Å². The Labute approximate surface area is 110 Å². The molecule has 2 rings (SSSR count). The van der Waals surface area contributed by atoms with E-state index >= 15 is 0 Å². The molecule has 0 spiro atoms. The molecule has 0 fully saturated rings. The molecule has 3 nitrogen and oxygen atoms in total. The van der Waals surface area contributed by atoms with E-state index in [4.69, 9.17) is 28.9 Å². The number of rotatable bonds is 3. The van der Waals surface area contributed by atoms with Crippen LogP contribution in [-0.4, -0.2) is 4.98 Å². The molecule has 1 aromatic heterocycles.